The molecule has 0 saturated heterocycles. The van der Waals surface area contributed by atoms with Crippen molar-refractivity contribution in [3.8, 4) is 5.75 Å². The van der Waals surface area contributed by atoms with Crippen LogP contribution in [0.3, 0.4) is 0 Å². The number of nitrogens with one attached hydrogen (secondary N) is 1. The number of nitrogens with zero attached hydrogens (tertiary/aromatic N) is 1. The second kappa shape index (κ2) is 5.83. The lowest BCUT2D eigenvalue weighted by Gasteiger charge is -2.09. The Hall–Kier alpha value is -2.92. The summed E-state index contributed by atoms with van der Waals surface area (Å²) < 4.78 is 0. The van der Waals surface area contributed by atoms with Gasteiger partial charge in [-0.3, -0.25) is 9.78 Å². The highest BCUT2D eigenvalue weighted by Gasteiger charge is 2.14. The molecule has 1 heterocycles. The molecule has 3 rings (SSSR count). The molecule has 1 aromatic heterocycles. The van der Waals surface area contributed by atoms with E-state index in [0.717, 1.165) is 10.9 Å². The largest absolute Gasteiger partial charge is 0.505 e. The number of phenolic OH excluding ortho intramolecular Hbond substituents is 1. The van der Waals surface area contributed by atoms with Crippen LogP contribution in [0.15, 0.2) is 54.7 Å². The number of aliphatic hydroxyl groups excluding tert-OH is 1. The molecule has 0 saturated carbocycles. The molecule has 0 fully saturated rings. The maximum absolute atomic E-state index is 12.3. The van der Waals surface area contributed by atoms with Crippen LogP contribution < -0.4 is 5.32 Å². The first-order valence-electron chi connectivity index (χ1n) is 6.77. The summed E-state index contributed by atoms with van der Waals surface area (Å²) in [5, 5.41) is 22.7. The smallest absolute Gasteiger partial charge is 0.259 e. The fourth-order valence-electron chi connectivity index (χ4n) is 2.20. The summed E-state index contributed by atoms with van der Waals surface area (Å²) in [4.78, 5) is 16.4. The molecule has 3 aromatic rings. The van der Waals surface area contributed by atoms with Crippen molar-refractivity contribution >= 4 is 22.5 Å². The topological polar surface area (TPSA) is 82.5 Å². The summed E-state index contributed by atoms with van der Waals surface area (Å²) in [6.07, 6.45) is 1.57. The number of aliphatic hydroxyl groups is 1. The van der Waals surface area contributed by atoms with Crippen molar-refractivity contribution in [2.75, 3.05) is 5.32 Å². The molecule has 5 nitrogen and oxygen atoms in total. The predicted molar refractivity (Wildman–Crippen MR) is 83.7 cm³/mol. The van der Waals surface area contributed by atoms with Crippen LogP contribution >= 0.6 is 0 Å². The maximum atomic E-state index is 12.3. The molecule has 1 amide bonds. The molecule has 0 radical (unpaired) electrons. The predicted octanol–water partition coefficient (Wildman–Crippen LogP) is 2.69. The molecule has 0 unspecified atom stereocenters. The van der Waals surface area contributed by atoms with E-state index in [2.05, 4.69) is 10.3 Å². The average molecular weight is 294 g/mol. The minimum Gasteiger partial charge on any atom is -0.505 e. The van der Waals surface area contributed by atoms with Crippen LogP contribution in [0, 0.1) is 0 Å². The summed E-state index contributed by atoms with van der Waals surface area (Å²) in [6, 6.07) is 13.7. The molecule has 3 N–H and O–H groups in total. The lowest BCUT2D eigenvalue weighted by atomic mass is 10.1. The summed E-state index contributed by atoms with van der Waals surface area (Å²) in [7, 11) is 0. The van der Waals surface area contributed by atoms with E-state index in [0.29, 0.717) is 11.2 Å². The van der Waals surface area contributed by atoms with Crippen molar-refractivity contribution in [1.29, 1.82) is 0 Å². The Morgan fingerprint density at radius 2 is 1.86 bits per heavy atom. The van der Waals surface area contributed by atoms with E-state index in [1.807, 2.05) is 6.07 Å². The third-order valence-electron chi connectivity index (χ3n) is 3.39. The summed E-state index contributed by atoms with van der Waals surface area (Å²) in [6.45, 7) is -0.0502. The molecule has 0 spiro atoms. The number of anilines is 1. The third kappa shape index (κ3) is 2.62. The van der Waals surface area contributed by atoms with Crippen LogP contribution in [0.5, 0.6) is 5.75 Å². The van der Waals surface area contributed by atoms with E-state index in [4.69, 9.17) is 5.11 Å². The first kappa shape index (κ1) is 14.0. The molecule has 0 bridgehead atoms. The van der Waals surface area contributed by atoms with Crippen LogP contribution in [-0.2, 0) is 6.61 Å². The Bertz CT molecular complexity index is 829. The zero-order valence-electron chi connectivity index (χ0n) is 11.7. The van der Waals surface area contributed by atoms with Crippen LogP contribution in [0.25, 0.3) is 10.9 Å². The Labute approximate surface area is 126 Å². The van der Waals surface area contributed by atoms with Crippen LogP contribution in [0.2, 0.25) is 0 Å². The van der Waals surface area contributed by atoms with E-state index in [9.17, 15) is 9.90 Å². The number of amides is 1. The highest BCUT2D eigenvalue weighted by molar-refractivity contribution is 6.09. The molecular formula is C17H14N2O3. The van der Waals surface area contributed by atoms with Crippen LogP contribution in [-0.4, -0.2) is 21.1 Å². The minimum atomic E-state index is -0.415. The minimum absolute atomic E-state index is 0.0502. The summed E-state index contributed by atoms with van der Waals surface area (Å²) >= 11 is 0. The highest BCUT2D eigenvalue weighted by atomic mass is 16.3. The summed E-state index contributed by atoms with van der Waals surface area (Å²) in [5.74, 6) is -0.552. The Kier molecular flexibility index (Phi) is 3.72. The van der Waals surface area contributed by atoms with Gasteiger partial charge in [0.25, 0.3) is 5.91 Å². The van der Waals surface area contributed by atoms with Gasteiger partial charge >= 0.3 is 0 Å². The molecule has 22 heavy (non-hydrogen) atoms. The summed E-state index contributed by atoms with van der Waals surface area (Å²) in [5.41, 5.74) is 1.90. The molecule has 0 atom stereocenters. The molecule has 110 valence electrons. The second-order valence-corrected chi connectivity index (χ2v) is 4.85. The van der Waals surface area contributed by atoms with Gasteiger partial charge in [-0.1, -0.05) is 24.3 Å². The van der Waals surface area contributed by atoms with Gasteiger partial charge in [0.2, 0.25) is 0 Å². The van der Waals surface area contributed by atoms with Crippen molar-refractivity contribution in [2.24, 2.45) is 0 Å². The quantitative estimate of drug-likeness (QED) is 0.693. The molecule has 0 aliphatic carbocycles. The fraction of sp³-hybridized carbons (Fsp3) is 0.0588. The number of carbonyl (C=O) groups excluding carboxylic acids is 1. The van der Waals surface area contributed by atoms with Gasteiger partial charge in [0.15, 0.2) is 5.75 Å². The van der Waals surface area contributed by atoms with Gasteiger partial charge in [0.05, 0.1) is 12.2 Å². The van der Waals surface area contributed by atoms with Crippen molar-refractivity contribution in [1.82, 2.24) is 4.98 Å². The molecule has 0 aliphatic rings. The molecule has 5 heteroatoms. The maximum Gasteiger partial charge on any atom is 0.259 e. The van der Waals surface area contributed by atoms with E-state index in [-0.39, 0.29) is 17.9 Å². The molecular weight excluding hydrogens is 280 g/mol. The number of fused-ring (bicyclic) bond motifs is 1. The number of aromatic hydroxyl groups is 1. The zero-order chi connectivity index (χ0) is 15.5. The highest BCUT2D eigenvalue weighted by Crippen LogP contribution is 2.27. The lowest BCUT2D eigenvalue weighted by molar-refractivity contribution is 0.102. The van der Waals surface area contributed by atoms with E-state index >= 15 is 0 Å². The van der Waals surface area contributed by atoms with Gasteiger partial charge in [-0.15, -0.1) is 0 Å². The van der Waals surface area contributed by atoms with Crippen molar-refractivity contribution in [2.45, 2.75) is 6.61 Å². The first-order chi connectivity index (χ1) is 10.7. The average Bonchev–Trinajstić information content (AvgIpc) is 2.56. The van der Waals surface area contributed by atoms with Gasteiger partial charge in [0.1, 0.15) is 5.52 Å². The van der Waals surface area contributed by atoms with Gasteiger partial charge < -0.3 is 15.5 Å². The fourth-order valence-corrected chi connectivity index (χ4v) is 2.20. The van der Waals surface area contributed by atoms with Gasteiger partial charge in [0, 0.05) is 17.3 Å². The zero-order valence-corrected chi connectivity index (χ0v) is 11.7. The normalized spacial score (nSPS) is 10.6. The van der Waals surface area contributed by atoms with Crippen molar-refractivity contribution in [3.05, 3.63) is 65.9 Å². The van der Waals surface area contributed by atoms with E-state index < -0.39 is 5.91 Å². The lowest BCUT2D eigenvalue weighted by Crippen LogP contribution is -2.12. The van der Waals surface area contributed by atoms with Crippen molar-refractivity contribution in [3.63, 3.8) is 0 Å². The Morgan fingerprint density at radius 1 is 1.09 bits per heavy atom. The van der Waals surface area contributed by atoms with Crippen molar-refractivity contribution < 1.29 is 15.0 Å². The Balaban J connectivity index is 1.89. The molecule has 2 aromatic carbocycles. The SMILES string of the molecule is O=C(Nc1ccc(CO)cc1)c1ccc2cccnc2c1O. The number of aromatic nitrogens is 1. The van der Waals surface area contributed by atoms with E-state index in [1.54, 1.807) is 48.7 Å². The van der Waals surface area contributed by atoms with Crippen LogP contribution in [0.1, 0.15) is 15.9 Å². The second-order valence-electron chi connectivity index (χ2n) is 4.85. The number of pyridine rings is 1. The number of rotatable bonds is 3. The standard InChI is InChI=1S/C17H14N2O3/c20-10-11-3-6-13(7-4-11)19-17(22)14-8-5-12-2-1-9-18-15(12)16(14)21/h1-9,20-21H,10H2,(H,19,22). The van der Waals surface area contributed by atoms with Gasteiger partial charge in [-0.05, 0) is 29.8 Å². The van der Waals surface area contributed by atoms with Gasteiger partial charge in [-0.25, -0.2) is 0 Å². The van der Waals surface area contributed by atoms with Gasteiger partial charge in [-0.2, -0.15) is 0 Å². The number of carbonyl (C=O) groups is 1. The number of phenols is 1. The number of hydrogen-bond donors (Lipinski definition) is 3. The first-order valence-corrected chi connectivity index (χ1v) is 6.77. The monoisotopic (exact) mass is 294 g/mol. The number of benzene rings is 2. The molecule has 0 aliphatic heterocycles. The Morgan fingerprint density at radius 3 is 2.59 bits per heavy atom. The number of hydrogen-bond acceptors (Lipinski definition) is 4. The van der Waals surface area contributed by atoms with E-state index in [1.165, 1.54) is 0 Å². The third-order valence-corrected chi connectivity index (χ3v) is 3.39. The van der Waals surface area contributed by atoms with Crippen LogP contribution in [0.4, 0.5) is 5.69 Å².